The third-order valence-corrected chi connectivity index (χ3v) is 6.76. The molecule has 0 spiro atoms. The SMILES string of the molecule is CC/C(=C\F)COc1ccc(C23CCC(C(=O)NC)(CC2)CC3)cc1C. The molecule has 26 heavy (non-hydrogen) atoms. The van der Waals surface area contributed by atoms with Crippen molar-refractivity contribution in [3.63, 3.8) is 0 Å². The van der Waals surface area contributed by atoms with Crippen molar-refractivity contribution in [2.75, 3.05) is 13.7 Å². The zero-order valence-electron chi connectivity index (χ0n) is 16.2. The third-order valence-electron chi connectivity index (χ3n) is 6.76. The highest BCUT2D eigenvalue weighted by molar-refractivity contribution is 5.82. The lowest BCUT2D eigenvalue weighted by Gasteiger charge is -2.52. The van der Waals surface area contributed by atoms with Crippen LogP contribution in [0.3, 0.4) is 0 Å². The van der Waals surface area contributed by atoms with Gasteiger partial charge in [0.05, 0.1) is 6.33 Å². The van der Waals surface area contributed by atoms with Gasteiger partial charge in [-0.3, -0.25) is 4.79 Å². The summed E-state index contributed by atoms with van der Waals surface area (Å²) in [5, 5.41) is 2.87. The van der Waals surface area contributed by atoms with Gasteiger partial charge in [0.25, 0.3) is 0 Å². The quantitative estimate of drug-likeness (QED) is 0.778. The lowest BCUT2D eigenvalue weighted by atomic mass is 9.51. The van der Waals surface area contributed by atoms with E-state index in [2.05, 4.69) is 24.4 Å². The average molecular weight is 359 g/mol. The number of hydrogen-bond donors (Lipinski definition) is 1. The van der Waals surface area contributed by atoms with Crippen molar-refractivity contribution in [2.24, 2.45) is 5.41 Å². The molecule has 4 heteroatoms. The number of aryl methyl sites for hydroxylation is 1. The molecular formula is C22H30FNO2. The predicted molar refractivity (Wildman–Crippen MR) is 102 cm³/mol. The van der Waals surface area contributed by atoms with Crippen LogP contribution in [0.1, 0.15) is 63.0 Å². The molecule has 3 aliphatic carbocycles. The zero-order valence-corrected chi connectivity index (χ0v) is 16.2. The molecule has 1 aromatic rings. The first-order valence-corrected chi connectivity index (χ1v) is 9.73. The maximum Gasteiger partial charge on any atom is 0.225 e. The molecule has 1 amide bonds. The summed E-state index contributed by atoms with van der Waals surface area (Å²) in [6, 6.07) is 6.43. The Balaban J connectivity index is 1.73. The van der Waals surface area contributed by atoms with Crippen LogP contribution in [-0.2, 0) is 10.2 Å². The number of rotatable bonds is 6. The van der Waals surface area contributed by atoms with Crippen molar-refractivity contribution >= 4 is 5.91 Å². The van der Waals surface area contributed by atoms with Gasteiger partial charge in [0, 0.05) is 12.5 Å². The number of carbonyl (C=O) groups excluding carboxylic acids is 1. The molecule has 3 nitrogen and oxygen atoms in total. The third kappa shape index (κ3) is 3.26. The Morgan fingerprint density at radius 3 is 2.38 bits per heavy atom. The number of carbonyl (C=O) groups is 1. The van der Waals surface area contributed by atoms with Crippen molar-refractivity contribution in [1.82, 2.24) is 5.32 Å². The Morgan fingerprint density at radius 1 is 1.23 bits per heavy atom. The zero-order chi connectivity index (χ0) is 18.8. The van der Waals surface area contributed by atoms with E-state index in [4.69, 9.17) is 4.74 Å². The lowest BCUT2D eigenvalue weighted by molar-refractivity contribution is -0.137. The number of fused-ring (bicyclic) bond motifs is 3. The smallest absolute Gasteiger partial charge is 0.225 e. The van der Waals surface area contributed by atoms with Gasteiger partial charge in [0.2, 0.25) is 5.91 Å². The minimum Gasteiger partial charge on any atom is -0.489 e. The van der Waals surface area contributed by atoms with E-state index in [-0.39, 0.29) is 16.7 Å². The molecule has 0 unspecified atom stereocenters. The van der Waals surface area contributed by atoms with Crippen LogP contribution >= 0.6 is 0 Å². The fourth-order valence-electron chi connectivity index (χ4n) is 4.75. The second kappa shape index (κ2) is 7.42. The summed E-state index contributed by atoms with van der Waals surface area (Å²) < 4.78 is 18.5. The second-order valence-electron chi connectivity index (χ2n) is 8.03. The number of amides is 1. The molecule has 0 atom stereocenters. The second-order valence-corrected chi connectivity index (χ2v) is 8.03. The van der Waals surface area contributed by atoms with Gasteiger partial charge in [0.1, 0.15) is 12.4 Å². The predicted octanol–water partition coefficient (Wildman–Crippen LogP) is 4.98. The van der Waals surface area contributed by atoms with Crippen LogP contribution < -0.4 is 10.1 Å². The van der Waals surface area contributed by atoms with E-state index in [1.54, 1.807) is 7.05 Å². The maximum atomic E-state index is 12.7. The Hall–Kier alpha value is -1.84. The molecule has 3 fully saturated rings. The van der Waals surface area contributed by atoms with Gasteiger partial charge in [-0.05, 0) is 80.1 Å². The average Bonchev–Trinajstić information content (AvgIpc) is 2.70. The van der Waals surface area contributed by atoms with E-state index in [0.717, 1.165) is 49.8 Å². The molecule has 3 aliphatic rings. The molecular weight excluding hydrogens is 329 g/mol. The summed E-state index contributed by atoms with van der Waals surface area (Å²) >= 11 is 0. The molecule has 0 saturated heterocycles. The van der Waals surface area contributed by atoms with Crippen LogP contribution in [0.5, 0.6) is 5.75 Å². The Bertz CT molecular complexity index is 686. The van der Waals surface area contributed by atoms with E-state index >= 15 is 0 Å². The number of halogens is 1. The van der Waals surface area contributed by atoms with Crippen molar-refractivity contribution < 1.29 is 13.9 Å². The fourth-order valence-corrected chi connectivity index (χ4v) is 4.75. The van der Waals surface area contributed by atoms with Gasteiger partial charge < -0.3 is 10.1 Å². The van der Waals surface area contributed by atoms with E-state index in [1.165, 1.54) is 5.56 Å². The summed E-state index contributed by atoms with van der Waals surface area (Å²) in [4.78, 5) is 12.3. The van der Waals surface area contributed by atoms with Crippen LogP contribution in [0.2, 0.25) is 0 Å². The molecule has 1 aromatic carbocycles. The van der Waals surface area contributed by atoms with Crippen molar-refractivity contribution in [1.29, 1.82) is 0 Å². The molecule has 1 N–H and O–H groups in total. The molecule has 0 aliphatic heterocycles. The van der Waals surface area contributed by atoms with Crippen LogP contribution in [-0.4, -0.2) is 19.6 Å². The first kappa shape index (κ1) is 18.9. The van der Waals surface area contributed by atoms with Crippen LogP contribution in [0.25, 0.3) is 0 Å². The van der Waals surface area contributed by atoms with Gasteiger partial charge in [-0.15, -0.1) is 0 Å². The van der Waals surface area contributed by atoms with Gasteiger partial charge in [-0.2, -0.15) is 0 Å². The van der Waals surface area contributed by atoms with Gasteiger partial charge in [-0.25, -0.2) is 4.39 Å². The number of hydrogen-bond acceptors (Lipinski definition) is 2. The number of ether oxygens (including phenoxy) is 1. The number of nitrogens with one attached hydrogen (secondary N) is 1. The molecule has 0 aromatic heterocycles. The summed E-state index contributed by atoms with van der Waals surface area (Å²) in [6.07, 6.45) is 7.45. The maximum absolute atomic E-state index is 12.7. The molecule has 0 heterocycles. The van der Waals surface area contributed by atoms with Gasteiger partial charge >= 0.3 is 0 Å². The molecule has 2 bridgehead atoms. The molecule has 4 rings (SSSR count). The number of benzene rings is 1. The van der Waals surface area contributed by atoms with Crippen LogP contribution in [0.4, 0.5) is 4.39 Å². The highest BCUT2D eigenvalue weighted by atomic mass is 19.1. The minimum absolute atomic E-state index is 0.135. The summed E-state index contributed by atoms with van der Waals surface area (Å²) in [6.45, 7) is 4.28. The molecule has 142 valence electrons. The highest BCUT2D eigenvalue weighted by Gasteiger charge is 2.52. The van der Waals surface area contributed by atoms with Gasteiger partial charge in [-0.1, -0.05) is 19.1 Å². The topological polar surface area (TPSA) is 38.3 Å². The minimum atomic E-state index is -0.135. The first-order valence-electron chi connectivity index (χ1n) is 9.73. The highest BCUT2D eigenvalue weighted by Crippen LogP contribution is 2.58. The Labute approximate surface area is 156 Å². The standard InChI is InChI=1S/C22H30FNO2/c1-4-17(14-23)15-26-19-6-5-18(13-16(19)2)21-7-10-22(11-8-21,12-9-21)20(25)24-3/h5-6,13-14H,4,7-12,15H2,1-3H3,(H,24,25)/b17-14+. The van der Waals surface area contributed by atoms with Crippen LogP contribution in [0.15, 0.2) is 30.1 Å². The van der Waals surface area contributed by atoms with Crippen molar-refractivity contribution in [3.05, 3.63) is 41.2 Å². The first-order chi connectivity index (χ1) is 12.5. The Kier molecular flexibility index (Phi) is 5.40. The largest absolute Gasteiger partial charge is 0.489 e. The fraction of sp³-hybridized carbons (Fsp3) is 0.591. The van der Waals surface area contributed by atoms with Crippen LogP contribution in [0, 0.1) is 12.3 Å². The van der Waals surface area contributed by atoms with E-state index < -0.39 is 0 Å². The Morgan fingerprint density at radius 2 is 1.88 bits per heavy atom. The molecule has 0 radical (unpaired) electrons. The van der Waals surface area contributed by atoms with Crippen molar-refractivity contribution in [2.45, 2.75) is 64.2 Å². The van der Waals surface area contributed by atoms with E-state index in [1.807, 2.05) is 13.0 Å². The van der Waals surface area contributed by atoms with E-state index in [0.29, 0.717) is 24.9 Å². The molecule has 3 saturated carbocycles. The van der Waals surface area contributed by atoms with E-state index in [9.17, 15) is 9.18 Å². The normalized spacial score (nSPS) is 28.1. The lowest BCUT2D eigenvalue weighted by Crippen LogP contribution is -2.51. The monoisotopic (exact) mass is 359 g/mol. The summed E-state index contributed by atoms with van der Waals surface area (Å²) in [7, 11) is 1.75. The van der Waals surface area contributed by atoms with Crippen molar-refractivity contribution in [3.8, 4) is 5.75 Å². The van der Waals surface area contributed by atoms with Gasteiger partial charge in [0.15, 0.2) is 0 Å². The summed E-state index contributed by atoms with van der Waals surface area (Å²) in [5.41, 5.74) is 3.19. The summed E-state index contributed by atoms with van der Waals surface area (Å²) in [5.74, 6) is 1.04.